The minimum atomic E-state index is -1.53. The minimum absolute atomic E-state index is 0.000374. The first kappa shape index (κ1) is 47.2. The molecular weight excluding hydrogens is 848 g/mol. The minimum Gasteiger partial charge on any atom is -0.459 e. The molecule has 0 saturated heterocycles. The molecule has 2 N–H and O–H groups in total. The first-order chi connectivity index (χ1) is 32.8. The monoisotopic (exact) mass is 908 g/mol. The Morgan fingerprint density at radius 2 is 1.57 bits per heavy atom. The third-order valence-electron chi connectivity index (χ3n) is 13.3. The van der Waals surface area contributed by atoms with Crippen molar-refractivity contribution in [3.8, 4) is 17.2 Å². The van der Waals surface area contributed by atoms with Crippen LogP contribution in [0.5, 0.6) is 17.2 Å². The van der Waals surface area contributed by atoms with Crippen LogP contribution in [0.3, 0.4) is 0 Å². The van der Waals surface area contributed by atoms with Gasteiger partial charge in [-0.25, -0.2) is 9.18 Å². The number of aliphatic hydroxyl groups excluding tert-OH is 2. The molecule has 1 fully saturated rings. The van der Waals surface area contributed by atoms with Crippen LogP contribution in [-0.4, -0.2) is 65.2 Å². The van der Waals surface area contributed by atoms with Gasteiger partial charge in [-0.15, -0.1) is 13.2 Å². The molecule has 0 spiro atoms. The van der Waals surface area contributed by atoms with Crippen LogP contribution in [0, 0.1) is 23.6 Å². The molecule has 11 heteroatoms. The molecule has 5 aromatic carbocycles. The number of oxime groups is 1. The Balaban J connectivity index is 1.33. The zero-order chi connectivity index (χ0) is 46.6. The summed E-state index contributed by atoms with van der Waals surface area (Å²) in [6.45, 7) is 8.48. The molecule has 10 nitrogen and oxygen atoms in total. The van der Waals surface area contributed by atoms with Gasteiger partial charge in [0.1, 0.15) is 35.7 Å². The van der Waals surface area contributed by atoms with Crippen molar-refractivity contribution in [2.24, 2.45) is 22.9 Å². The lowest BCUT2D eigenvalue weighted by atomic mass is 9.55. The Morgan fingerprint density at radius 1 is 0.836 bits per heavy atom. The van der Waals surface area contributed by atoms with Crippen LogP contribution in [0.25, 0.3) is 10.8 Å². The van der Waals surface area contributed by atoms with Crippen molar-refractivity contribution in [2.75, 3.05) is 26.4 Å². The number of unbranched alkanes of at least 4 members (excludes halogenated alkanes) is 2. The Labute approximate surface area is 393 Å². The molecule has 0 bridgehead atoms. The van der Waals surface area contributed by atoms with E-state index in [0.29, 0.717) is 47.8 Å². The van der Waals surface area contributed by atoms with Crippen molar-refractivity contribution in [3.05, 3.63) is 175 Å². The summed E-state index contributed by atoms with van der Waals surface area (Å²) in [5.41, 5.74) is 4.10. The van der Waals surface area contributed by atoms with Gasteiger partial charge in [-0.1, -0.05) is 109 Å². The molecule has 5 aromatic rings. The Morgan fingerprint density at radius 3 is 2.33 bits per heavy atom. The number of benzene rings is 5. The summed E-state index contributed by atoms with van der Waals surface area (Å²) in [6, 6.07) is 35.2. The Kier molecular flexibility index (Phi) is 15.8. The number of aliphatic hydroxyl groups is 2. The SMILES string of the molecule is C=CCCOC(=O)N(Cc1ccc(F)cc1)[C@H]1CC(=NOCc2ccccc2)C2=C[C@H](CCCCO)[C@@H](CCCCO)[C@@H]3c4cc(Oc5ccc6ccccc6c5)ccc4O[C@@]1(OCC=C)[C@H]23. The first-order valence-corrected chi connectivity index (χ1v) is 23.6. The molecule has 0 unspecified atom stereocenters. The number of nitrogens with zero attached hydrogens (tertiary/aromatic N) is 2. The van der Waals surface area contributed by atoms with Crippen LogP contribution in [0.2, 0.25) is 0 Å². The second kappa shape index (κ2) is 22.5. The van der Waals surface area contributed by atoms with Gasteiger partial charge >= 0.3 is 6.09 Å². The number of allylic oxidation sites excluding steroid dienone is 1. The van der Waals surface area contributed by atoms with Gasteiger partial charge in [0.25, 0.3) is 0 Å². The lowest BCUT2D eigenvalue weighted by Gasteiger charge is -2.59. The average Bonchev–Trinajstić information content (AvgIpc) is 3.35. The van der Waals surface area contributed by atoms with Crippen molar-refractivity contribution in [1.82, 2.24) is 4.90 Å². The summed E-state index contributed by atoms with van der Waals surface area (Å²) < 4.78 is 41.6. The maximum Gasteiger partial charge on any atom is 0.410 e. The van der Waals surface area contributed by atoms with Crippen molar-refractivity contribution in [1.29, 1.82) is 0 Å². The fraction of sp³-hybridized carbons (Fsp3) is 0.357. The fourth-order valence-corrected chi connectivity index (χ4v) is 10.2. The maximum atomic E-state index is 14.7. The number of fused-ring (bicyclic) bond motifs is 3. The number of rotatable bonds is 22. The zero-order valence-corrected chi connectivity index (χ0v) is 38.0. The van der Waals surface area contributed by atoms with Gasteiger partial charge in [0, 0.05) is 37.7 Å². The van der Waals surface area contributed by atoms with E-state index < -0.39 is 29.7 Å². The highest BCUT2D eigenvalue weighted by Crippen LogP contribution is 2.62. The first-order valence-electron chi connectivity index (χ1n) is 23.6. The fourth-order valence-electron chi connectivity index (χ4n) is 10.2. The molecule has 8 rings (SSSR count). The summed E-state index contributed by atoms with van der Waals surface area (Å²) in [5.74, 6) is -0.810. The molecule has 3 aliphatic rings. The number of ether oxygens (including phenoxy) is 4. The zero-order valence-electron chi connectivity index (χ0n) is 38.0. The number of halogens is 1. The molecule has 350 valence electrons. The van der Waals surface area contributed by atoms with Crippen molar-refractivity contribution in [3.63, 3.8) is 0 Å². The molecular formula is C56H61FN2O8. The van der Waals surface area contributed by atoms with E-state index in [0.717, 1.165) is 53.2 Å². The van der Waals surface area contributed by atoms with Gasteiger partial charge in [0.2, 0.25) is 5.79 Å². The molecule has 1 saturated carbocycles. The van der Waals surface area contributed by atoms with Crippen LogP contribution >= 0.6 is 0 Å². The van der Waals surface area contributed by atoms with E-state index in [2.05, 4.69) is 37.4 Å². The highest BCUT2D eigenvalue weighted by atomic mass is 19.1. The van der Waals surface area contributed by atoms with Crippen molar-refractivity contribution >= 4 is 22.6 Å². The van der Waals surface area contributed by atoms with Crippen molar-refractivity contribution < 1.29 is 43.2 Å². The second-order valence-electron chi connectivity index (χ2n) is 17.6. The van der Waals surface area contributed by atoms with E-state index in [-0.39, 0.29) is 63.8 Å². The topological polar surface area (TPSA) is 119 Å². The summed E-state index contributed by atoms with van der Waals surface area (Å²) in [4.78, 5) is 22.6. The Bertz CT molecular complexity index is 2530. The second-order valence-corrected chi connectivity index (χ2v) is 17.6. The largest absolute Gasteiger partial charge is 0.459 e. The lowest BCUT2D eigenvalue weighted by molar-refractivity contribution is -0.256. The van der Waals surface area contributed by atoms with E-state index in [1.165, 1.54) is 12.1 Å². The highest BCUT2D eigenvalue weighted by Gasteiger charge is 2.65. The number of carbonyl (C=O) groups is 1. The molecule has 6 atom stereocenters. The summed E-state index contributed by atoms with van der Waals surface area (Å²) in [6.07, 6.45) is 10.1. The van der Waals surface area contributed by atoms with Crippen LogP contribution in [-0.2, 0) is 27.5 Å². The smallest absolute Gasteiger partial charge is 0.410 e. The molecule has 1 amide bonds. The van der Waals surface area contributed by atoms with E-state index in [4.69, 9.17) is 28.9 Å². The third-order valence-corrected chi connectivity index (χ3v) is 13.3. The molecule has 1 heterocycles. The molecule has 1 aliphatic heterocycles. The van der Waals surface area contributed by atoms with Gasteiger partial charge in [-0.05, 0) is 114 Å². The number of hydrogen-bond acceptors (Lipinski definition) is 9. The van der Waals surface area contributed by atoms with Gasteiger partial charge in [0.05, 0.1) is 24.8 Å². The maximum absolute atomic E-state index is 14.7. The number of amides is 1. The van der Waals surface area contributed by atoms with Crippen LogP contribution in [0.15, 0.2) is 157 Å². The van der Waals surface area contributed by atoms with E-state index >= 15 is 0 Å². The molecule has 0 aromatic heterocycles. The van der Waals surface area contributed by atoms with Gasteiger partial charge in [-0.3, -0.25) is 4.90 Å². The predicted molar refractivity (Wildman–Crippen MR) is 258 cm³/mol. The van der Waals surface area contributed by atoms with Crippen LogP contribution in [0.1, 0.15) is 74.0 Å². The van der Waals surface area contributed by atoms with E-state index in [1.807, 2.05) is 72.8 Å². The predicted octanol–water partition coefficient (Wildman–Crippen LogP) is 11.8. The van der Waals surface area contributed by atoms with Gasteiger partial charge in [-0.2, -0.15) is 0 Å². The molecule has 2 aliphatic carbocycles. The molecule has 0 radical (unpaired) electrons. The normalized spacial score (nSPS) is 22.2. The van der Waals surface area contributed by atoms with E-state index in [1.54, 1.807) is 29.2 Å². The third kappa shape index (κ3) is 10.8. The summed E-state index contributed by atoms with van der Waals surface area (Å²) in [5, 5.41) is 27.2. The standard InChI is InChI=1S/C56H61FN2O8/c1-3-5-32-63-55(62)59(37-39-21-24-44(57)25-22-39)52-36-50(58-65-38-40-15-7-6-8-16-40)48-34-43(19-11-13-29-60)47(20-12-14-30-61)53-49-35-46(66-45-26-23-41-17-9-10-18-42(41)33-45)27-28-51(49)67-56(52,54(48)53)64-31-4-2/h3-4,6-10,15-18,21-28,33-35,43,47,52-54,60-61H,1-2,5,11-14,19-20,29-32,36-38H2/t43-,47+,52-,53+,54+,56+/m0/s1. The number of hydrogen-bond donors (Lipinski definition) is 2. The van der Waals surface area contributed by atoms with Crippen LogP contribution in [0.4, 0.5) is 9.18 Å². The quantitative estimate of drug-likeness (QED) is 0.0400. The van der Waals surface area contributed by atoms with Gasteiger partial charge < -0.3 is 34.0 Å². The molecule has 67 heavy (non-hydrogen) atoms. The lowest BCUT2D eigenvalue weighted by Crippen LogP contribution is -2.70. The van der Waals surface area contributed by atoms with E-state index in [9.17, 15) is 19.4 Å². The average molecular weight is 909 g/mol. The van der Waals surface area contributed by atoms with Crippen LogP contribution < -0.4 is 9.47 Å². The van der Waals surface area contributed by atoms with Gasteiger partial charge in [0.15, 0.2) is 0 Å². The summed E-state index contributed by atoms with van der Waals surface area (Å²) >= 11 is 0. The van der Waals surface area contributed by atoms with Crippen molar-refractivity contribution in [2.45, 2.75) is 82.3 Å². The Hall–Kier alpha value is -6.27. The highest BCUT2D eigenvalue weighted by molar-refractivity contribution is 6.03. The summed E-state index contributed by atoms with van der Waals surface area (Å²) in [7, 11) is 0. The number of carbonyl (C=O) groups excluding carboxylic acids is 1.